The third-order valence-electron chi connectivity index (χ3n) is 5.60. The molecular formula is C23H28O. The van der Waals surface area contributed by atoms with Gasteiger partial charge in [0.15, 0.2) is 0 Å². The maximum atomic E-state index is 6.06. The van der Waals surface area contributed by atoms with E-state index in [1.807, 2.05) is 0 Å². The van der Waals surface area contributed by atoms with Crippen LogP contribution in [0.2, 0.25) is 0 Å². The Kier molecular flexibility index (Phi) is 3.36. The average molecular weight is 320 g/mol. The summed E-state index contributed by atoms with van der Waals surface area (Å²) < 4.78 is 6.06. The number of ether oxygens (including phenoxy) is 1. The van der Waals surface area contributed by atoms with Crippen molar-refractivity contribution in [2.24, 2.45) is 0 Å². The molecule has 24 heavy (non-hydrogen) atoms. The Bertz CT molecular complexity index is 806. The molecular weight excluding hydrogens is 292 g/mol. The van der Waals surface area contributed by atoms with Gasteiger partial charge in [-0.05, 0) is 97.4 Å². The Morgan fingerprint density at radius 1 is 0.875 bits per heavy atom. The summed E-state index contributed by atoms with van der Waals surface area (Å²) in [7, 11) is 0. The molecule has 0 heterocycles. The maximum absolute atomic E-state index is 6.06. The number of rotatable bonds is 1. The number of hydrogen-bond acceptors (Lipinski definition) is 1. The van der Waals surface area contributed by atoms with Crippen LogP contribution >= 0.6 is 0 Å². The molecule has 0 aliphatic heterocycles. The molecule has 1 nitrogen and oxygen atoms in total. The van der Waals surface area contributed by atoms with E-state index in [-0.39, 0.29) is 5.60 Å². The van der Waals surface area contributed by atoms with Crippen molar-refractivity contribution in [3.8, 4) is 16.9 Å². The second kappa shape index (κ2) is 5.12. The molecule has 2 aliphatic rings. The topological polar surface area (TPSA) is 9.23 Å². The van der Waals surface area contributed by atoms with E-state index in [4.69, 9.17) is 4.74 Å². The highest BCUT2D eigenvalue weighted by Crippen LogP contribution is 2.45. The van der Waals surface area contributed by atoms with Crippen LogP contribution in [0, 0.1) is 0 Å². The highest BCUT2D eigenvalue weighted by atomic mass is 16.5. The summed E-state index contributed by atoms with van der Waals surface area (Å²) in [5, 5.41) is 0. The van der Waals surface area contributed by atoms with Gasteiger partial charge in [0.1, 0.15) is 11.4 Å². The normalized spacial score (nSPS) is 17.9. The lowest BCUT2D eigenvalue weighted by atomic mass is 9.80. The minimum atomic E-state index is -0.146. The van der Waals surface area contributed by atoms with E-state index in [0.717, 1.165) is 12.2 Å². The molecule has 2 aromatic rings. The zero-order chi connectivity index (χ0) is 17.1. The highest BCUT2D eigenvalue weighted by molar-refractivity contribution is 5.76. The lowest BCUT2D eigenvalue weighted by Gasteiger charge is -2.27. The van der Waals surface area contributed by atoms with E-state index in [1.54, 1.807) is 16.7 Å². The van der Waals surface area contributed by atoms with Crippen molar-refractivity contribution in [2.75, 3.05) is 0 Å². The Morgan fingerprint density at radius 2 is 1.62 bits per heavy atom. The van der Waals surface area contributed by atoms with E-state index in [2.05, 4.69) is 65.0 Å². The van der Waals surface area contributed by atoms with Crippen LogP contribution in [-0.2, 0) is 24.7 Å². The van der Waals surface area contributed by atoms with Crippen molar-refractivity contribution in [2.45, 2.75) is 71.3 Å². The summed E-state index contributed by atoms with van der Waals surface area (Å²) in [5.74, 6) is 0.993. The molecule has 0 saturated carbocycles. The van der Waals surface area contributed by atoms with Crippen LogP contribution in [0.3, 0.4) is 0 Å². The Morgan fingerprint density at radius 3 is 2.38 bits per heavy atom. The molecule has 126 valence electrons. The van der Waals surface area contributed by atoms with E-state index in [1.165, 1.54) is 36.0 Å². The molecule has 0 radical (unpaired) electrons. The number of hydrogen-bond donors (Lipinski definition) is 0. The van der Waals surface area contributed by atoms with Crippen LogP contribution in [0.5, 0.6) is 5.75 Å². The summed E-state index contributed by atoms with van der Waals surface area (Å²) in [6.07, 6.45) is 4.82. The average Bonchev–Trinajstić information content (AvgIpc) is 2.80. The van der Waals surface area contributed by atoms with Gasteiger partial charge in [-0.3, -0.25) is 0 Å². The van der Waals surface area contributed by atoms with Gasteiger partial charge in [0.2, 0.25) is 0 Å². The van der Waals surface area contributed by atoms with E-state index in [0.29, 0.717) is 5.41 Å². The largest absolute Gasteiger partial charge is 0.488 e. The SMILES string of the molecule is CC(C)(C)Oc1ccc2c(c1)CCc1c-2ccc2c1CCC2(C)C. The quantitative estimate of drug-likeness (QED) is 0.640. The molecule has 0 unspecified atom stereocenters. The van der Waals surface area contributed by atoms with Crippen LogP contribution in [0.15, 0.2) is 30.3 Å². The summed E-state index contributed by atoms with van der Waals surface area (Å²) in [4.78, 5) is 0. The molecule has 2 aromatic carbocycles. The molecule has 0 N–H and O–H groups in total. The molecule has 0 spiro atoms. The van der Waals surface area contributed by atoms with E-state index in [9.17, 15) is 0 Å². The van der Waals surface area contributed by atoms with Crippen LogP contribution in [0.25, 0.3) is 11.1 Å². The fraction of sp³-hybridized carbons (Fsp3) is 0.478. The van der Waals surface area contributed by atoms with Gasteiger partial charge in [-0.2, -0.15) is 0 Å². The third kappa shape index (κ3) is 2.55. The second-order valence-electron chi connectivity index (χ2n) is 9.04. The lowest BCUT2D eigenvalue weighted by Crippen LogP contribution is -2.23. The number of aryl methyl sites for hydroxylation is 1. The second-order valence-corrected chi connectivity index (χ2v) is 9.04. The summed E-state index contributed by atoms with van der Waals surface area (Å²) in [6.45, 7) is 11.1. The van der Waals surface area contributed by atoms with Crippen molar-refractivity contribution in [3.05, 3.63) is 52.6 Å². The van der Waals surface area contributed by atoms with Crippen molar-refractivity contribution >= 4 is 0 Å². The first kappa shape index (κ1) is 15.7. The first-order valence-electron chi connectivity index (χ1n) is 9.22. The van der Waals surface area contributed by atoms with Gasteiger partial charge in [0, 0.05) is 0 Å². The number of fused-ring (bicyclic) bond motifs is 5. The molecule has 0 bridgehead atoms. The molecule has 2 aliphatic carbocycles. The summed E-state index contributed by atoms with van der Waals surface area (Å²) in [5.41, 5.74) is 9.31. The molecule has 0 amide bonds. The van der Waals surface area contributed by atoms with E-state index >= 15 is 0 Å². The van der Waals surface area contributed by atoms with Gasteiger partial charge >= 0.3 is 0 Å². The Hall–Kier alpha value is -1.76. The minimum Gasteiger partial charge on any atom is -0.488 e. The first-order chi connectivity index (χ1) is 11.2. The van der Waals surface area contributed by atoms with E-state index < -0.39 is 0 Å². The molecule has 0 fully saturated rings. The van der Waals surface area contributed by atoms with Gasteiger partial charge < -0.3 is 4.74 Å². The zero-order valence-electron chi connectivity index (χ0n) is 15.6. The van der Waals surface area contributed by atoms with Crippen molar-refractivity contribution in [3.63, 3.8) is 0 Å². The molecule has 1 heteroatoms. The number of benzene rings is 2. The van der Waals surface area contributed by atoms with Gasteiger partial charge in [-0.25, -0.2) is 0 Å². The third-order valence-corrected chi connectivity index (χ3v) is 5.60. The molecule has 0 saturated heterocycles. The fourth-order valence-electron chi connectivity index (χ4n) is 4.44. The van der Waals surface area contributed by atoms with Crippen LogP contribution in [-0.4, -0.2) is 5.60 Å². The van der Waals surface area contributed by atoms with Gasteiger partial charge in [0.05, 0.1) is 0 Å². The monoisotopic (exact) mass is 320 g/mol. The minimum absolute atomic E-state index is 0.146. The summed E-state index contributed by atoms with van der Waals surface area (Å²) >= 11 is 0. The smallest absolute Gasteiger partial charge is 0.120 e. The summed E-state index contributed by atoms with van der Waals surface area (Å²) in [6, 6.07) is 11.4. The maximum Gasteiger partial charge on any atom is 0.120 e. The highest BCUT2D eigenvalue weighted by Gasteiger charge is 2.33. The van der Waals surface area contributed by atoms with Gasteiger partial charge in [-0.15, -0.1) is 0 Å². The van der Waals surface area contributed by atoms with Gasteiger partial charge in [-0.1, -0.05) is 32.0 Å². The lowest BCUT2D eigenvalue weighted by molar-refractivity contribution is 0.131. The molecule has 0 aromatic heterocycles. The van der Waals surface area contributed by atoms with Gasteiger partial charge in [0.25, 0.3) is 0 Å². The molecule has 4 rings (SSSR count). The predicted molar refractivity (Wildman–Crippen MR) is 101 cm³/mol. The standard InChI is InChI=1S/C23H28O/c1-22(2,3)24-16-7-9-17-15(14-16)6-8-19-18(17)10-11-21-20(19)12-13-23(21,4)5/h7,9-11,14H,6,8,12-13H2,1-5H3. The first-order valence-corrected chi connectivity index (χ1v) is 9.22. The van der Waals surface area contributed by atoms with Crippen molar-refractivity contribution in [1.29, 1.82) is 0 Å². The fourth-order valence-corrected chi connectivity index (χ4v) is 4.44. The van der Waals surface area contributed by atoms with Crippen molar-refractivity contribution in [1.82, 2.24) is 0 Å². The van der Waals surface area contributed by atoms with Crippen LogP contribution < -0.4 is 4.74 Å². The molecule has 0 atom stereocenters. The zero-order valence-corrected chi connectivity index (χ0v) is 15.6. The van der Waals surface area contributed by atoms with Crippen molar-refractivity contribution < 1.29 is 4.74 Å². The van der Waals surface area contributed by atoms with Crippen LogP contribution in [0.1, 0.15) is 63.3 Å². The predicted octanol–water partition coefficient (Wildman–Crippen LogP) is 5.85. The Labute approximate surface area is 146 Å². The van der Waals surface area contributed by atoms with Crippen LogP contribution in [0.4, 0.5) is 0 Å². The Balaban J connectivity index is 1.77.